The van der Waals surface area contributed by atoms with Gasteiger partial charge in [-0.1, -0.05) is 84.4 Å². The molecular weight excluding hydrogens is 386 g/mol. The fraction of sp³-hybridized carbons (Fsp3) is 0.0870. The molecule has 3 aromatic carbocycles. The number of nitrogens with one attached hydrogen (secondary N) is 1. The van der Waals surface area contributed by atoms with E-state index in [1.165, 1.54) is 0 Å². The first-order valence-corrected chi connectivity index (χ1v) is 9.43. The minimum Gasteiger partial charge on any atom is -0.383 e. The van der Waals surface area contributed by atoms with Gasteiger partial charge in [-0.15, -0.1) is 0 Å². The largest absolute Gasteiger partial charge is 0.383 e. The van der Waals surface area contributed by atoms with E-state index in [0.717, 1.165) is 5.56 Å². The van der Waals surface area contributed by atoms with Crippen LogP contribution in [0.2, 0.25) is 5.02 Å². The van der Waals surface area contributed by atoms with Crippen LogP contribution in [-0.2, 0) is 16.0 Å². The molecule has 3 rings (SSSR count). The van der Waals surface area contributed by atoms with Crippen molar-refractivity contribution in [3.8, 4) is 0 Å². The van der Waals surface area contributed by atoms with Crippen LogP contribution in [-0.4, -0.2) is 17.6 Å². The first-order chi connectivity index (χ1) is 14.0. The second-order valence-corrected chi connectivity index (χ2v) is 6.86. The highest BCUT2D eigenvalue weighted by molar-refractivity contribution is 6.30. The van der Waals surface area contributed by atoms with Gasteiger partial charge >= 0.3 is 0 Å². The quantitative estimate of drug-likeness (QED) is 0.484. The number of halogens is 1. The summed E-state index contributed by atoms with van der Waals surface area (Å²) in [4.78, 5) is 29.5. The van der Waals surface area contributed by atoms with Gasteiger partial charge in [-0.25, -0.2) is 0 Å². The number of carbonyl (C=O) groups is 2. The Kier molecular flexibility index (Phi) is 6.76. The zero-order valence-corrected chi connectivity index (χ0v) is 16.3. The molecule has 3 N–H and O–H groups in total. The molecule has 0 bridgehead atoms. The number of amides is 2. The second-order valence-electron chi connectivity index (χ2n) is 6.42. The van der Waals surface area contributed by atoms with Gasteiger partial charge in [0.2, 0.25) is 5.91 Å². The molecule has 1 atom stereocenters. The average molecular weight is 406 g/mol. The molecule has 0 saturated carbocycles. The maximum absolute atomic E-state index is 12.9. The van der Waals surface area contributed by atoms with Gasteiger partial charge in [0.15, 0.2) is 0 Å². The topological polar surface area (TPSA) is 84.5 Å². The summed E-state index contributed by atoms with van der Waals surface area (Å²) in [7, 11) is 0. The summed E-state index contributed by atoms with van der Waals surface area (Å²) < 4.78 is 0. The van der Waals surface area contributed by atoms with E-state index in [4.69, 9.17) is 17.3 Å². The van der Waals surface area contributed by atoms with E-state index in [-0.39, 0.29) is 18.2 Å². The van der Waals surface area contributed by atoms with Crippen LogP contribution in [0, 0.1) is 0 Å². The molecule has 1 unspecified atom stereocenters. The van der Waals surface area contributed by atoms with Crippen LogP contribution in [0.15, 0.2) is 89.9 Å². The first kappa shape index (κ1) is 20.3. The lowest BCUT2D eigenvalue weighted by molar-refractivity contribution is -0.127. The molecule has 0 aliphatic rings. The molecule has 0 heterocycles. The third kappa shape index (κ3) is 5.77. The number of hydrogen-bond donors (Lipinski definition) is 2. The smallest absolute Gasteiger partial charge is 0.274 e. The summed E-state index contributed by atoms with van der Waals surface area (Å²) in [5, 5.41) is 3.21. The van der Waals surface area contributed by atoms with Crippen LogP contribution in [0.5, 0.6) is 0 Å². The molecule has 5 nitrogen and oxygen atoms in total. The lowest BCUT2D eigenvalue weighted by atomic mass is 10.1. The number of nitrogens with zero attached hydrogens (tertiary/aromatic N) is 1. The van der Waals surface area contributed by atoms with E-state index in [0.29, 0.717) is 16.1 Å². The Morgan fingerprint density at radius 3 is 2.24 bits per heavy atom. The maximum atomic E-state index is 12.9. The first-order valence-electron chi connectivity index (χ1n) is 9.05. The van der Waals surface area contributed by atoms with Crippen molar-refractivity contribution in [2.75, 3.05) is 0 Å². The summed E-state index contributed by atoms with van der Waals surface area (Å²) in [6, 6.07) is 24.0. The summed E-state index contributed by atoms with van der Waals surface area (Å²) in [6.45, 7) is 0. The van der Waals surface area contributed by atoms with Crippen molar-refractivity contribution < 1.29 is 9.59 Å². The Labute approximate surface area is 174 Å². The average Bonchev–Trinajstić information content (AvgIpc) is 2.73. The maximum Gasteiger partial charge on any atom is 0.274 e. The van der Waals surface area contributed by atoms with Crippen molar-refractivity contribution >= 4 is 29.3 Å². The molecule has 0 aliphatic heterocycles. The van der Waals surface area contributed by atoms with Gasteiger partial charge in [-0.3, -0.25) is 9.59 Å². The van der Waals surface area contributed by atoms with E-state index in [1.807, 2.05) is 36.4 Å². The number of rotatable bonds is 6. The van der Waals surface area contributed by atoms with Crippen LogP contribution in [0.25, 0.3) is 0 Å². The van der Waals surface area contributed by atoms with Gasteiger partial charge in [-0.05, 0) is 23.3 Å². The monoisotopic (exact) mass is 405 g/mol. The fourth-order valence-corrected chi connectivity index (χ4v) is 3.02. The van der Waals surface area contributed by atoms with Crippen LogP contribution in [0.1, 0.15) is 22.7 Å². The van der Waals surface area contributed by atoms with Crippen molar-refractivity contribution in [1.29, 1.82) is 0 Å². The third-order valence-corrected chi connectivity index (χ3v) is 4.48. The Morgan fingerprint density at radius 2 is 1.59 bits per heavy atom. The van der Waals surface area contributed by atoms with Crippen LogP contribution in [0.3, 0.4) is 0 Å². The Balaban J connectivity index is 1.85. The van der Waals surface area contributed by atoms with Gasteiger partial charge in [0.25, 0.3) is 5.91 Å². The number of hydrogen-bond acceptors (Lipinski definition) is 2. The summed E-state index contributed by atoms with van der Waals surface area (Å²) in [5.74, 6) is -0.794. The number of aliphatic imine (C=N–C) groups is 1. The van der Waals surface area contributed by atoms with Crippen molar-refractivity contribution in [3.63, 3.8) is 0 Å². The van der Waals surface area contributed by atoms with Crippen molar-refractivity contribution in [2.45, 2.75) is 12.5 Å². The van der Waals surface area contributed by atoms with Gasteiger partial charge in [-0.2, -0.15) is 4.99 Å². The molecule has 0 radical (unpaired) electrons. The van der Waals surface area contributed by atoms with Crippen LogP contribution in [0.4, 0.5) is 0 Å². The Hall–Kier alpha value is -3.44. The van der Waals surface area contributed by atoms with Crippen LogP contribution >= 0.6 is 11.6 Å². The molecule has 0 fully saturated rings. The predicted molar refractivity (Wildman–Crippen MR) is 115 cm³/mol. The highest BCUT2D eigenvalue weighted by Crippen LogP contribution is 2.20. The Bertz CT molecular complexity index is 1020. The lowest BCUT2D eigenvalue weighted by Gasteiger charge is -2.17. The number of nitrogens with two attached hydrogens (primary N) is 1. The standard InChI is InChI=1S/C23H20ClN3O2/c24-19-13-7-12-18(15-19)21(26-20(28)14-16-8-3-1-4-9-16)23(29)27-22(25)17-10-5-2-6-11-17/h1-13,15,21H,14H2,(H,26,28)(H2,25,27,29). The fourth-order valence-electron chi connectivity index (χ4n) is 2.82. The molecule has 146 valence electrons. The normalized spacial score (nSPS) is 12.2. The molecule has 0 aliphatic carbocycles. The zero-order valence-electron chi connectivity index (χ0n) is 15.6. The van der Waals surface area contributed by atoms with E-state index in [2.05, 4.69) is 10.3 Å². The van der Waals surface area contributed by atoms with E-state index in [9.17, 15) is 9.59 Å². The van der Waals surface area contributed by atoms with Gasteiger partial charge in [0.1, 0.15) is 11.9 Å². The SMILES string of the molecule is NC(=NC(=O)C(NC(=O)Cc1ccccc1)c1cccc(Cl)c1)c1ccccc1. The molecule has 0 spiro atoms. The molecular formula is C23H20ClN3O2. The highest BCUT2D eigenvalue weighted by Gasteiger charge is 2.23. The minimum absolute atomic E-state index is 0.0833. The van der Waals surface area contributed by atoms with Crippen LogP contribution < -0.4 is 11.1 Å². The van der Waals surface area contributed by atoms with E-state index >= 15 is 0 Å². The summed E-state index contributed by atoms with van der Waals surface area (Å²) in [6.07, 6.45) is 0.142. The summed E-state index contributed by atoms with van der Waals surface area (Å²) in [5.41, 5.74) is 7.99. The highest BCUT2D eigenvalue weighted by atomic mass is 35.5. The number of carbonyl (C=O) groups excluding carboxylic acids is 2. The van der Waals surface area contributed by atoms with Gasteiger partial charge < -0.3 is 11.1 Å². The molecule has 0 aromatic heterocycles. The summed E-state index contributed by atoms with van der Waals surface area (Å²) >= 11 is 6.08. The van der Waals surface area contributed by atoms with Crippen molar-refractivity contribution in [3.05, 3.63) is 107 Å². The minimum atomic E-state index is -0.993. The van der Waals surface area contributed by atoms with Gasteiger partial charge in [0.05, 0.1) is 6.42 Å². The predicted octanol–water partition coefficient (Wildman–Crippen LogP) is 3.67. The zero-order chi connectivity index (χ0) is 20.6. The molecule has 29 heavy (non-hydrogen) atoms. The Morgan fingerprint density at radius 1 is 0.931 bits per heavy atom. The van der Waals surface area contributed by atoms with E-state index in [1.54, 1.807) is 48.5 Å². The third-order valence-electron chi connectivity index (χ3n) is 4.24. The molecule has 3 aromatic rings. The van der Waals surface area contributed by atoms with Gasteiger partial charge in [0, 0.05) is 10.6 Å². The van der Waals surface area contributed by atoms with Crippen molar-refractivity contribution in [1.82, 2.24) is 5.32 Å². The van der Waals surface area contributed by atoms with Crippen molar-refractivity contribution in [2.24, 2.45) is 10.7 Å². The second kappa shape index (κ2) is 9.66. The number of benzene rings is 3. The number of amidine groups is 1. The molecule has 0 saturated heterocycles. The van der Waals surface area contributed by atoms with E-state index < -0.39 is 11.9 Å². The molecule has 2 amide bonds. The lowest BCUT2D eigenvalue weighted by Crippen LogP contribution is -2.35. The molecule has 6 heteroatoms.